The van der Waals surface area contributed by atoms with Gasteiger partial charge in [-0.2, -0.15) is 0 Å². The lowest BCUT2D eigenvalue weighted by atomic mass is 10.1. The number of imidazole rings is 1. The van der Waals surface area contributed by atoms with Gasteiger partial charge in [-0.25, -0.2) is 4.98 Å². The van der Waals surface area contributed by atoms with Crippen molar-refractivity contribution in [1.82, 2.24) is 9.38 Å². The summed E-state index contributed by atoms with van der Waals surface area (Å²) in [4.78, 5) is 4.58. The van der Waals surface area contributed by atoms with Gasteiger partial charge >= 0.3 is 0 Å². The molecule has 0 bridgehead atoms. The highest BCUT2D eigenvalue weighted by Crippen LogP contribution is 2.20. The molecule has 3 nitrogen and oxygen atoms in total. The van der Waals surface area contributed by atoms with Crippen LogP contribution in [0.5, 0.6) is 0 Å². The van der Waals surface area contributed by atoms with Gasteiger partial charge in [0, 0.05) is 24.5 Å². The molecule has 0 saturated carbocycles. The summed E-state index contributed by atoms with van der Waals surface area (Å²) < 4.78 is 2.02. The lowest BCUT2D eigenvalue weighted by Gasteiger charge is -1.99. The Morgan fingerprint density at radius 1 is 1.12 bits per heavy atom. The van der Waals surface area contributed by atoms with Gasteiger partial charge < -0.3 is 10.1 Å². The molecule has 0 radical (unpaired) electrons. The third-order valence-electron chi connectivity index (χ3n) is 2.82. The van der Waals surface area contributed by atoms with Crippen molar-refractivity contribution in [3.8, 4) is 11.3 Å². The highest BCUT2D eigenvalue weighted by atomic mass is 15.0. The third-order valence-corrected chi connectivity index (χ3v) is 2.82. The first-order valence-corrected chi connectivity index (χ1v) is 5.60. The van der Waals surface area contributed by atoms with Crippen molar-refractivity contribution in [3.05, 3.63) is 60.4 Å². The molecule has 17 heavy (non-hydrogen) atoms. The van der Waals surface area contributed by atoms with Crippen LogP contribution in [0.2, 0.25) is 0 Å². The van der Waals surface area contributed by atoms with Crippen LogP contribution >= 0.6 is 0 Å². The summed E-state index contributed by atoms with van der Waals surface area (Å²) in [5.41, 5.74) is 9.82. The van der Waals surface area contributed by atoms with Crippen molar-refractivity contribution >= 4 is 5.65 Å². The Morgan fingerprint density at radius 2 is 2.06 bits per heavy atom. The number of aromatic nitrogens is 2. The molecular formula is C14H13N3. The fourth-order valence-electron chi connectivity index (χ4n) is 1.93. The van der Waals surface area contributed by atoms with E-state index in [0.717, 1.165) is 22.5 Å². The Labute approximate surface area is 99.5 Å². The van der Waals surface area contributed by atoms with Crippen molar-refractivity contribution in [2.45, 2.75) is 6.54 Å². The van der Waals surface area contributed by atoms with Gasteiger partial charge in [0.1, 0.15) is 5.65 Å². The predicted molar refractivity (Wildman–Crippen MR) is 68.5 cm³/mol. The molecule has 0 aliphatic rings. The normalized spacial score (nSPS) is 10.9. The molecule has 0 unspecified atom stereocenters. The molecule has 2 aromatic heterocycles. The van der Waals surface area contributed by atoms with E-state index in [1.807, 2.05) is 47.1 Å². The van der Waals surface area contributed by atoms with E-state index in [2.05, 4.69) is 17.1 Å². The van der Waals surface area contributed by atoms with Crippen molar-refractivity contribution in [2.24, 2.45) is 5.73 Å². The zero-order chi connectivity index (χ0) is 11.7. The predicted octanol–water partition coefficient (Wildman–Crippen LogP) is 2.46. The molecule has 84 valence electrons. The molecule has 0 spiro atoms. The summed E-state index contributed by atoms with van der Waals surface area (Å²) in [6.45, 7) is 0.557. The zero-order valence-corrected chi connectivity index (χ0v) is 9.38. The average Bonchev–Trinajstić information content (AvgIpc) is 2.82. The topological polar surface area (TPSA) is 43.3 Å². The zero-order valence-electron chi connectivity index (χ0n) is 9.38. The van der Waals surface area contributed by atoms with E-state index in [0.29, 0.717) is 6.54 Å². The summed E-state index contributed by atoms with van der Waals surface area (Å²) in [6.07, 6.45) is 4.03. The Bertz CT molecular complexity index is 622. The second kappa shape index (κ2) is 4.03. The fourth-order valence-corrected chi connectivity index (χ4v) is 1.93. The minimum atomic E-state index is 0.557. The van der Waals surface area contributed by atoms with Gasteiger partial charge in [0.15, 0.2) is 0 Å². The number of nitrogens with zero attached hydrogens (tertiary/aromatic N) is 2. The van der Waals surface area contributed by atoms with Crippen LogP contribution in [0.25, 0.3) is 16.9 Å². The highest BCUT2D eigenvalue weighted by Gasteiger charge is 2.03. The Hall–Kier alpha value is -2.13. The third kappa shape index (κ3) is 1.81. The van der Waals surface area contributed by atoms with E-state index in [9.17, 15) is 0 Å². The van der Waals surface area contributed by atoms with E-state index in [-0.39, 0.29) is 0 Å². The van der Waals surface area contributed by atoms with E-state index in [1.54, 1.807) is 0 Å². The van der Waals surface area contributed by atoms with E-state index >= 15 is 0 Å². The molecule has 3 heteroatoms. The molecule has 0 aliphatic heterocycles. The molecule has 0 saturated heterocycles. The minimum absolute atomic E-state index is 0.557. The number of nitrogens with two attached hydrogens (primary N) is 1. The molecule has 1 aromatic carbocycles. The molecule has 2 heterocycles. The average molecular weight is 223 g/mol. The van der Waals surface area contributed by atoms with Crippen molar-refractivity contribution in [1.29, 1.82) is 0 Å². The van der Waals surface area contributed by atoms with Gasteiger partial charge in [-0.05, 0) is 23.8 Å². The van der Waals surface area contributed by atoms with E-state index in [4.69, 9.17) is 5.73 Å². The smallest absolute Gasteiger partial charge is 0.137 e. The molecule has 0 atom stereocenters. The van der Waals surface area contributed by atoms with Crippen LogP contribution in [0.3, 0.4) is 0 Å². The Morgan fingerprint density at radius 3 is 2.88 bits per heavy atom. The van der Waals surface area contributed by atoms with Crippen LogP contribution in [-0.2, 0) is 6.54 Å². The number of benzene rings is 1. The van der Waals surface area contributed by atoms with Gasteiger partial charge in [0.25, 0.3) is 0 Å². The summed E-state index contributed by atoms with van der Waals surface area (Å²) in [5.74, 6) is 0. The highest BCUT2D eigenvalue weighted by molar-refractivity contribution is 5.63. The summed E-state index contributed by atoms with van der Waals surface area (Å²) in [6, 6.07) is 14.2. The minimum Gasteiger partial charge on any atom is -0.326 e. The quantitative estimate of drug-likeness (QED) is 0.725. The van der Waals surface area contributed by atoms with Gasteiger partial charge in [-0.3, -0.25) is 0 Å². The second-order valence-corrected chi connectivity index (χ2v) is 4.00. The van der Waals surface area contributed by atoms with Crippen LogP contribution < -0.4 is 5.73 Å². The van der Waals surface area contributed by atoms with Crippen molar-refractivity contribution in [2.75, 3.05) is 0 Å². The molecule has 0 amide bonds. The number of hydrogen-bond acceptors (Lipinski definition) is 2. The SMILES string of the molecule is NCc1cccc(-c2cn3ccccc3n2)c1. The maximum absolute atomic E-state index is 5.65. The summed E-state index contributed by atoms with van der Waals surface area (Å²) in [7, 11) is 0. The number of rotatable bonds is 2. The van der Waals surface area contributed by atoms with Gasteiger partial charge in [-0.15, -0.1) is 0 Å². The lowest BCUT2D eigenvalue weighted by molar-refractivity contribution is 1.07. The molecule has 0 fully saturated rings. The van der Waals surface area contributed by atoms with Crippen LogP contribution in [-0.4, -0.2) is 9.38 Å². The van der Waals surface area contributed by atoms with Crippen molar-refractivity contribution in [3.63, 3.8) is 0 Å². The first-order chi connectivity index (χ1) is 8.36. The molecule has 2 N–H and O–H groups in total. The first-order valence-electron chi connectivity index (χ1n) is 5.60. The van der Waals surface area contributed by atoms with Crippen LogP contribution in [0.4, 0.5) is 0 Å². The number of hydrogen-bond donors (Lipinski definition) is 1. The fraction of sp³-hybridized carbons (Fsp3) is 0.0714. The Kier molecular flexibility index (Phi) is 2.38. The van der Waals surface area contributed by atoms with E-state index < -0.39 is 0 Å². The lowest BCUT2D eigenvalue weighted by Crippen LogP contribution is -1.95. The van der Waals surface area contributed by atoms with Crippen molar-refractivity contribution < 1.29 is 0 Å². The maximum Gasteiger partial charge on any atom is 0.137 e. The van der Waals surface area contributed by atoms with Gasteiger partial charge in [0.05, 0.1) is 5.69 Å². The molecule has 3 rings (SSSR count). The molecule has 0 aliphatic carbocycles. The first kappa shape index (κ1) is 10.1. The summed E-state index contributed by atoms with van der Waals surface area (Å²) in [5, 5.41) is 0. The number of fused-ring (bicyclic) bond motifs is 1. The maximum atomic E-state index is 5.65. The van der Waals surface area contributed by atoms with Crippen LogP contribution in [0, 0.1) is 0 Å². The molecular weight excluding hydrogens is 210 g/mol. The van der Waals surface area contributed by atoms with Crippen LogP contribution in [0.15, 0.2) is 54.9 Å². The monoisotopic (exact) mass is 223 g/mol. The Balaban J connectivity index is 2.13. The standard InChI is InChI=1S/C14H13N3/c15-9-11-4-3-5-12(8-11)13-10-17-7-2-1-6-14(17)16-13/h1-8,10H,9,15H2. The summed E-state index contributed by atoms with van der Waals surface area (Å²) >= 11 is 0. The second-order valence-electron chi connectivity index (χ2n) is 4.00. The molecule has 3 aromatic rings. The van der Waals surface area contributed by atoms with Gasteiger partial charge in [-0.1, -0.05) is 24.3 Å². The van der Waals surface area contributed by atoms with Gasteiger partial charge in [0.2, 0.25) is 0 Å². The largest absolute Gasteiger partial charge is 0.326 e. The number of pyridine rings is 1. The van der Waals surface area contributed by atoms with E-state index in [1.165, 1.54) is 0 Å². The van der Waals surface area contributed by atoms with Crippen LogP contribution in [0.1, 0.15) is 5.56 Å².